The maximum Gasteiger partial charge on any atom is 0.330 e. The molecule has 0 saturated heterocycles. The predicted molar refractivity (Wildman–Crippen MR) is 91.4 cm³/mol. The van der Waals surface area contributed by atoms with Gasteiger partial charge in [0.15, 0.2) is 0 Å². The second-order valence-electron chi connectivity index (χ2n) is 6.68. The summed E-state index contributed by atoms with van der Waals surface area (Å²) in [7, 11) is 0. The Hall–Kier alpha value is -2.14. The van der Waals surface area contributed by atoms with Crippen molar-refractivity contribution in [2.45, 2.75) is 39.4 Å². The van der Waals surface area contributed by atoms with Crippen molar-refractivity contribution in [3.05, 3.63) is 48.6 Å². The predicted octanol–water partition coefficient (Wildman–Crippen LogP) is 3.44. The van der Waals surface area contributed by atoms with Crippen LogP contribution in [0.25, 0.3) is 0 Å². The van der Waals surface area contributed by atoms with Gasteiger partial charge in [0.25, 0.3) is 0 Å². The monoisotopic (exact) mass is 334 g/mol. The first kappa shape index (κ1) is 19.9. The molecule has 2 rings (SSSR count). The molecule has 0 aliphatic heterocycles. The minimum atomic E-state index is -0.691. The maximum absolute atomic E-state index is 10.5. The third kappa shape index (κ3) is 8.48. The Morgan fingerprint density at radius 1 is 1.29 bits per heavy atom. The number of carbonyl (C=O) groups excluding carboxylic acids is 1. The van der Waals surface area contributed by atoms with Crippen LogP contribution < -0.4 is 0 Å². The van der Waals surface area contributed by atoms with Crippen LogP contribution in [0, 0.1) is 11.8 Å². The molecule has 24 heavy (non-hydrogen) atoms. The summed E-state index contributed by atoms with van der Waals surface area (Å²) in [6.45, 7) is 9.85. The number of carboxylic acid groups (broad SMARTS) is 1. The van der Waals surface area contributed by atoms with E-state index in [1.165, 1.54) is 0 Å². The molecular formula is C19H26O5. The van der Waals surface area contributed by atoms with Gasteiger partial charge in [0.05, 0.1) is 19.1 Å². The normalized spacial score (nSPS) is 18.8. The molecule has 1 aromatic rings. The topological polar surface area (TPSA) is 72.8 Å². The van der Waals surface area contributed by atoms with E-state index in [2.05, 4.69) is 6.58 Å². The average molecular weight is 334 g/mol. The minimum absolute atomic E-state index is 0.166. The van der Waals surface area contributed by atoms with Gasteiger partial charge in [-0.1, -0.05) is 36.9 Å². The van der Waals surface area contributed by atoms with E-state index in [1.54, 1.807) is 0 Å². The molecule has 5 nitrogen and oxygen atoms in total. The zero-order valence-electron chi connectivity index (χ0n) is 14.5. The molecule has 0 radical (unpaired) electrons. The summed E-state index contributed by atoms with van der Waals surface area (Å²) in [5.74, 6) is -1.00. The smallest absolute Gasteiger partial charge is 0.330 e. The van der Waals surface area contributed by atoms with Crippen molar-refractivity contribution in [2.75, 3.05) is 6.61 Å². The summed E-state index contributed by atoms with van der Waals surface area (Å²) >= 11 is 0. The first-order valence-electron chi connectivity index (χ1n) is 7.93. The highest BCUT2D eigenvalue weighted by atomic mass is 16.6. The van der Waals surface area contributed by atoms with E-state index < -0.39 is 11.6 Å². The molecule has 1 aliphatic rings. The number of esters is 1. The molecule has 1 fully saturated rings. The maximum atomic E-state index is 10.5. The van der Waals surface area contributed by atoms with E-state index in [0.29, 0.717) is 13.2 Å². The fraction of sp³-hybridized carbons (Fsp3) is 0.474. The molecule has 0 aromatic heterocycles. The quantitative estimate of drug-likeness (QED) is 0.637. The molecule has 0 heterocycles. The molecule has 1 saturated carbocycles. The van der Waals surface area contributed by atoms with Crippen LogP contribution in [0.3, 0.4) is 0 Å². The van der Waals surface area contributed by atoms with Gasteiger partial charge in [-0.25, -0.2) is 4.79 Å². The van der Waals surface area contributed by atoms with Crippen LogP contribution in [-0.2, 0) is 25.7 Å². The van der Waals surface area contributed by atoms with Crippen molar-refractivity contribution in [3.8, 4) is 0 Å². The van der Waals surface area contributed by atoms with Crippen LogP contribution in [0.15, 0.2) is 43.0 Å². The van der Waals surface area contributed by atoms with Crippen molar-refractivity contribution < 1.29 is 24.2 Å². The molecule has 2 unspecified atom stereocenters. The largest absolute Gasteiger partial charge is 0.481 e. The van der Waals surface area contributed by atoms with Crippen LogP contribution >= 0.6 is 0 Å². The molecular weight excluding hydrogens is 308 g/mol. The fourth-order valence-electron chi connectivity index (χ4n) is 1.98. The Labute approximate surface area is 143 Å². The van der Waals surface area contributed by atoms with E-state index in [-0.39, 0.29) is 17.8 Å². The fourth-order valence-corrected chi connectivity index (χ4v) is 1.98. The van der Waals surface area contributed by atoms with E-state index >= 15 is 0 Å². The highest BCUT2D eigenvalue weighted by Gasteiger charge is 2.43. The number of aliphatic carboxylic acids is 1. The van der Waals surface area contributed by atoms with Gasteiger partial charge < -0.3 is 14.6 Å². The first-order valence-corrected chi connectivity index (χ1v) is 7.93. The highest BCUT2D eigenvalue weighted by Crippen LogP contribution is 2.38. The van der Waals surface area contributed by atoms with Gasteiger partial charge in [-0.2, -0.15) is 0 Å². The Morgan fingerprint density at radius 3 is 2.33 bits per heavy atom. The lowest BCUT2D eigenvalue weighted by atomic mass is 10.2. The molecule has 5 heteroatoms. The second kappa shape index (κ2) is 9.23. The van der Waals surface area contributed by atoms with E-state index in [0.717, 1.165) is 18.1 Å². The van der Waals surface area contributed by atoms with Crippen molar-refractivity contribution in [3.63, 3.8) is 0 Å². The van der Waals surface area contributed by atoms with Crippen molar-refractivity contribution in [1.29, 1.82) is 0 Å². The summed E-state index contributed by atoms with van der Waals surface area (Å²) in [5.41, 5.74) is 0.732. The standard InChI is InChI=1S/C12H14O3.C7H12O2/c13-12(14)11-6-10(11)8-15-7-9-4-2-1-3-5-9;1-5-6(8)9-7(2,3)4/h1-5,10-11H,6-8H2,(H,13,14);5H,1H2,2-4H3. The number of rotatable bonds is 6. The van der Waals surface area contributed by atoms with Crippen LogP contribution in [-0.4, -0.2) is 29.3 Å². The van der Waals surface area contributed by atoms with E-state index in [1.807, 2.05) is 51.1 Å². The summed E-state index contributed by atoms with van der Waals surface area (Å²) in [6.07, 6.45) is 1.93. The first-order chi connectivity index (χ1) is 11.2. The SMILES string of the molecule is C=CC(=O)OC(C)(C)C.O=C(O)C1CC1COCc1ccccc1. The van der Waals surface area contributed by atoms with Crippen LogP contribution in [0.4, 0.5) is 0 Å². The number of carboxylic acids is 1. The van der Waals surface area contributed by atoms with Gasteiger partial charge >= 0.3 is 11.9 Å². The average Bonchev–Trinajstić information content (AvgIpc) is 3.27. The highest BCUT2D eigenvalue weighted by molar-refractivity contribution is 5.81. The van der Waals surface area contributed by atoms with Gasteiger partial charge in [0.2, 0.25) is 0 Å². The zero-order valence-corrected chi connectivity index (χ0v) is 14.5. The number of benzene rings is 1. The van der Waals surface area contributed by atoms with Crippen LogP contribution in [0.2, 0.25) is 0 Å². The lowest BCUT2D eigenvalue weighted by molar-refractivity contribution is -0.148. The molecule has 2 atom stereocenters. The van der Waals surface area contributed by atoms with Crippen LogP contribution in [0.1, 0.15) is 32.8 Å². The Morgan fingerprint density at radius 2 is 1.92 bits per heavy atom. The molecule has 132 valence electrons. The van der Waals surface area contributed by atoms with Gasteiger partial charge in [0, 0.05) is 6.08 Å². The molecule has 0 spiro atoms. The molecule has 1 aliphatic carbocycles. The number of hydrogen-bond acceptors (Lipinski definition) is 4. The molecule has 0 bridgehead atoms. The zero-order chi connectivity index (χ0) is 18.2. The Kier molecular flexibility index (Phi) is 7.65. The summed E-state index contributed by atoms with van der Waals surface area (Å²) < 4.78 is 10.3. The van der Waals surface area contributed by atoms with Gasteiger partial charge in [-0.3, -0.25) is 4.79 Å². The van der Waals surface area contributed by atoms with Crippen molar-refractivity contribution >= 4 is 11.9 Å². The second-order valence-corrected chi connectivity index (χ2v) is 6.68. The van der Waals surface area contributed by atoms with Crippen molar-refractivity contribution in [2.24, 2.45) is 11.8 Å². The summed E-state index contributed by atoms with van der Waals surface area (Å²) in [4.78, 5) is 21.0. The Balaban J connectivity index is 0.000000277. The van der Waals surface area contributed by atoms with Crippen molar-refractivity contribution in [1.82, 2.24) is 0 Å². The molecule has 1 N–H and O–H groups in total. The van der Waals surface area contributed by atoms with E-state index in [4.69, 9.17) is 14.6 Å². The molecule has 1 aromatic carbocycles. The lowest BCUT2D eigenvalue weighted by Gasteiger charge is -2.17. The number of ether oxygens (including phenoxy) is 2. The van der Waals surface area contributed by atoms with Gasteiger partial charge in [-0.05, 0) is 38.7 Å². The third-order valence-electron chi connectivity index (χ3n) is 3.26. The van der Waals surface area contributed by atoms with Gasteiger partial charge in [0.1, 0.15) is 5.60 Å². The molecule has 0 amide bonds. The van der Waals surface area contributed by atoms with Crippen LogP contribution in [0.5, 0.6) is 0 Å². The number of hydrogen-bond donors (Lipinski definition) is 1. The third-order valence-corrected chi connectivity index (χ3v) is 3.26. The Bertz CT molecular complexity index is 545. The minimum Gasteiger partial charge on any atom is -0.481 e. The summed E-state index contributed by atoms with van der Waals surface area (Å²) in [5, 5.41) is 8.68. The lowest BCUT2D eigenvalue weighted by Crippen LogP contribution is -2.22. The number of carbonyl (C=O) groups is 2. The summed E-state index contributed by atoms with van der Waals surface area (Å²) in [6, 6.07) is 9.90. The van der Waals surface area contributed by atoms with Gasteiger partial charge in [-0.15, -0.1) is 0 Å². The van der Waals surface area contributed by atoms with E-state index in [9.17, 15) is 9.59 Å².